The number of ether oxygens (including phenoxy) is 1. The molecule has 0 fully saturated rings. The van der Waals surface area contributed by atoms with E-state index < -0.39 is 24.9 Å². The lowest BCUT2D eigenvalue weighted by atomic mass is 10.2. The fourth-order valence-corrected chi connectivity index (χ4v) is 0.665. The van der Waals surface area contributed by atoms with Crippen LogP contribution < -0.4 is 0 Å². The zero-order chi connectivity index (χ0) is 13.7. The van der Waals surface area contributed by atoms with Gasteiger partial charge in [-0.05, 0) is 0 Å². The van der Waals surface area contributed by atoms with Gasteiger partial charge in [0.15, 0.2) is 0 Å². The molecule has 0 saturated carbocycles. The molecule has 0 amide bonds. The largest absolute Gasteiger partial charge is 0.394 e. The van der Waals surface area contributed by atoms with Crippen molar-refractivity contribution in [3.63, 3.8) is 0 Å². The monoisotopic (exact) mass is 258 g/mol. The number of hydrogen-bond acceptors (Lipinski definition) is 8. The SMILES string of the molecule is OCC(O)CO.OCCOC(CO)C(O)CO. The number of aliphatic hydroxyl groups excluding tert-OH is 7. The summed E-state index contributed by atoms with van der Waals surface area (Å²) in [5.74, 6) is 0. The van der Waals surface area contributed by atoms with Crippen molar-refractivity contribution in [1.29, 1.82) is 0 Å². The highest BCUT2D eigenvalue weighted by molar-refractivity contribution is 4.66. The van der Waals surface area contributed by atoms with Crippen molar-refractivity contribution in [1.82, 2.24) is 0 Å². The second-order valence-electron chi connectivity index (χ2n) is 3.08. The second-order valence-corrected chi connectivity index (χ2v) is 3.08. The molecule has 17 heavy (non-hydrogen) atoms. The van der Waals surface area contributed by atoms with E-state index in [9.17, 15) is 0 Å². The summed E-state index contributed by atoms with van der Waals surface area (Å²) in [6, 6.07) is 0. The fourth-order valence-electron chi connectivity index (χ4n) is 0.665. The van der Waals surface area contributed by atoms with Crippen molar-refractivity contribution < 1.29 is 40.5 Å². The first-order valence-corrected chi connectivity index (χ1v) is 5.09. The van der Waals surface area contributed by atoms with Crippen LogP contribution >= 0.6 is 0 Å². The molecule has 0 heterocycles. The summed E-state index contributed by atoms with van der Waals surface area (Å²) in [7, 11) is 0. The molecule has 8 nitrogen and oxygen atoms in total. The van der Waals surface area contributed by atoms with Crippen LogP contribution in [0, 0.1) is 0 Å². The van der Waals surface area contributed by atoms with Crippen molar-refractivity contribution in [2.45, 2.75) is 18.3 Å². The molecule has 0 saturated heterocycles. The van der Waals surface area contributed by atoms with E-state index in [-0.39, 0.29) is 33.0 Å². The molecule has 0 aromatic heterocycles. The highest BCUT2D eigenvalue weighted by atomic mass is 16.5. The van der Waals surface area contributed by atoms with Crippen molar-refractivity contribution in [2.24, 2.45) is 0 Å². The van der Waals surface area contributed by atoms with Crippen molar-refractivity contribution in [3.8, 4) is 0 Å². The third kappa shape index (κ3) is 11.9. The second kappa shape index (κ2) is 13.7. The molecular formula is C9H22O8. The van der Waals surface area contributed by atoms with Crippen molar-refractivity contribution >= 4 is 0 Å². The number of aliphatic hydroxyl groups is 7. The maximum Gasteiger partial charge on any atom is 0.109 e. The summed E-state index contributed by atoms with van der Waals surface area (Å²) in [6.45, 7) is -1.69. The minimum absolute atomic E-state index is 0.0439. The van der Waals surface area contributed by atoms with Gasteiger partial charge in [0.2, 0.25) is 0 Å². The Balaban J connectivity index is 0. The van der Waals surface area contributed by atoms with Crippen LogP contribution in [0.25, 0.3) is 0 Å². The summed E-state index contributed by atoms with van der Waals surface area (Å²) in [5, 5.41) is 58.3. The Labute approximate surface area is 99.3 Å². The Morgan fingerprint density at radius 1 is 0.765 bits per heavy atom. The van der Waals surface area contributed by atoms with E-state index in [1.807, 2.05) is 0 Å². The summed E-state index contributed by atoms with van der Waals surface area (Å²) < 4.78 is 4.78. The molecule has 2 atom stereocenters. The van der Waals surface area contributed by atoms with Gasteiger partial charge in [0, 0.05) is 0 Å². The van der Waals surface area contributed by atoms with E-state index in [4.69, 9.17) is 40.5 Å². The van der Waals surface area contributed by atoms with Crippen LogP contribution in [0.5, 0.6) is 0 Å². The van der Waals surface area contributed by atoms with Crippen LogP contribution in [0.15, 0.2) is 0 Å². The molecule has 0 spiro atoms. The Hall–Kier alpha value is -0.320. The Bertz CT molecular complexity index is 141. The van der Waals surface area contributed by atoms with Gasteiger partial charge in [0.1, 0.15) is 18.3 Å². The normalized spacial score (nSPS) is 14.1. The topological polar surface area (TPSA) is 151 Å². The van der Waals surface area contributed by atoms with E-state index in [1.165, 1.54) is 0 Å². The molecule has 2 unspecified atom stereocenters. The first-order chi connectivity index (χ1) is 8.06. The smallest absolute Gasteiger partial charge is 0.109 e. The zero-order valence-electron chi connectivity index (χ0n) is 9.51. The van der Waals surface area contributed by atoms with E-state index in [1.54, 1.807) is 0 Å². The predicted molar refractivity (Wildman–Crippen MR) is 57.2 cm³/mol. The van der Waals surface area contributed by atoms with Crippen LogP contribution in [0.1, 0.15) is 0 Å². The van der Waals surface area contributed by atoms with Crippen molar-refractivity contribution in [2.75, 3.05) is 39.6 Å². The van der Waals surface area contributed by atoms with E-state index in [0.717, 1.165) is 0 Å². The molecule has 0 aliphatic carbocycles. The molecule has 7 N–H and O–H groups in total. The minimum atomic E-state index is -1.09. The first kappa shape index (κ1) is 19.0. The van der Waals surface area contributed by atoms with E-state index in [0.29, 0.717) is 0 Å². The average Bonchev–Trinajstić information content (AvgIpc) is 2.38. The quantitative estimate of drug-likeness (QED) is 0.233. The lowest BCUT2D eigenvalue weighted by Gasteiger charge is -2.18. The maximum absolute atomic E-state index is 8.93. The number of rotatable bonds is 8. The minimum Gasteiger partial charge on any atom is -0.394 e. The lowest BCUT2D eigenvalue weighted by Crippen LogP contribution is -2.35. The van der Waals surface area contributed by atoms with Gasteiger partial charge in [0.25, 0.3) is 0 Å². The maximum atomic E-state index is 8.93. The molecular weight excluding hydrogens is 236 g/mol. The van der Waals surface area contributed by atoms with Crippen molar-refractivity contribution in [3.05, 3.63) is 0 Å². The van der Waals surface area contributed by atoms with Gasteiger partial charge in [0.05, 0.1) is 39.6 Å². The first-order valence-electron chi connectivity index (χ1n) is 5.09. The lowest BCUT2D eigenvalue weighted by molar-refractivity contribution is -0.0857. The van der Waals surface area contributed by atoms with Crippen LogP contribution in [-0.2, 0) is 4.74 Å². The summed E-state index contributed by atoms with van der Waals surface area (Å²) in [4.78, 5) is 0. The molecule has 106 valence electrons. The Kier molecular flexibility index (Phi) is 15.4. The predicted octanol–water partition coefficient (Wildman–Crippen LogP) is -3.96. The summed E-state index contributed by atoms with van der Waals surface area (Å²) >= 11 is 0. The van der Waals surface area contributed by atoms with Gasteiger partial charge < -0.3 is 40.5 Å². The molecule has 0 aliphatic heterocycles. The molecule has 0 aliphatic rings. The van der Waals surface area contributed by atoms with Gasteiger partial charge in [-0.2, -0.15) is 0 Å². The molecule has 0 aromatic rings. The zero-order valence-corrected chi connectivity index (χ0v) is 9.51. The number of hydrogen-bond donors (Lipinski definition) is 7. The third-order valence-corrected chi connectivity index (χ3v) is 1.64. The Morgan fingerprint density at radius 2 is 1.29 bits per heavy atom. The summed E-state index contributed by atoms with van der Waals surface area (Å²) in [5.41, 5.74) is 0. The average molecular weight is 258 g/mol. The molecule has 0 radical (unpaired) electrons. The molecule has 8 heteroatoms. The Morgan fingerprint density at radius 3 is 1.53 bits per heavy atom. The molecule has 0 rings (SSSR count). The van der Waals surface area contributed by atoms with Crippen LogP contribution in [0.2, 0.25) is 0 Å². The summed E-state index contributed by atoms with van der Waals surface area (Å²) in [6.07, 6.45) is -2.86. The fraction of sp³-hybridized carbons (Fsp3) is 1.00. The van der Waals surface area contributed by atoms with Gasteiger partial charge >= 0.3 is 0 Å². The highest BCUT2D eigenvalue weighted by Crippen LogP contribution is 1.97. The molecule has 0 aromatic carbocycles. The van der Waals surface area contributed by atoms with Crippen LogP contribution in [-0.4, -0.2) is 93.7 Å². The standard InChI is InChI=1S/C6H14O5.C3H8O3/c7-1-2-11-6(4-9)5(10)3-8;4-1-3(6)2-5/h5-10H,1-4H2;3-6H,1-2H2. The third-order valence-electron chi connectivity index (χ3n) is 1.64. The van der Waals surface area contributed by atoms with Crippen LogP contribution in [0.3, 0.4) is 0 Å². The van der Waals surface area contributed by atoms with Crippen LogP contribution in [0.4, 0.5) is 0 Å². The van der Waals surface area contributed by atoms with E-state index >= 15 is 0 Å². The van der Waals surface area contributed by atoms with Gasteiger partial charge in [-0.3, -0.25) is 0 Å². The van der Waals surface area contributed by atoms with Gasteiger partial charge in [-0.1, -0.05) is 0 Å². The van der Waals surface area contributed by atoms with Gasteiger partial charge in [-0.25, -0.2) is 0 Å². The molecule has 0 bridgehead atoms. The van der Waals surface area contributed by atoms with E-state index in [2.05, 4.69) is 0 Å². The highest BCUT2D eigenvalue weighted by Gasteiger charge is 2.17. The van der Waals surface area contributed by atoms with Gasteiger partial charge in [-0.15, -0.1) is 0 Å².